The Morgan fingerprint density at radius 2 is 1.73 bits per heavy atom. The van der Waals surface area contributed by atoms with Crippen molar-refractivity contribution >= 4 is 60.9 Å². The Bertz CT molecular complexity index is 1210. The highest BCUT2D eigenvalue weighted by Gasteiger charge is 2.25. The number of phenolic OH excluding ortho intramolecular Hbond substituents is 1. The molecule has 0 fully saturated rings. The molecule has 5 nitrogen and oxygen atoms in total. The monoisotopic (exact) mass is 527 g/mol. The number of fused-ring (bicyclic) bond motifs is 1. The third-order valence-electron chi connectivity index (χ3n) is 4.75. The topological polar surface area (TPSA) is 75.6 Å². The van der Waals surface area contributed by atoms with Gasteiger partial charge >= 0.3 is 0 Å². The predicted octanol–water partition coefficient (Wildman–Crippen LogP) is 5.65. The average Bonchev–Trinajstić information content (AvgIpc) is 3.05. The van der Waals surface area contributed by atoms with Crippen molar-refractivity contribution in [2.24, 2.45) is 0 Å². The molecule has 3 aromatic rings. The maximum Gasteiger partial charge on any atom is 0.256 e. The molecule has 1 heterocycles. The number of phenols is 1. The van der Waals surface area contributed by atoms with Crippen molar-refractivity contribution in [3.8, 4) is 11.5 Å². The van der Waals surface area contributed by atoms with Crippen molar-refractivity contribution in [1.29, 1.82) is 0 Å². The van der Waals surface area contributed by atoms with Crippen LogP contribution in [0.25, 0.3) is 11.6 Å². The van der Waals surface area contributed by atoms with Crippen molar-refractivity contribution in [3.05, 3.63) is 85.8 Å². The van der Waals surface area contributed by atoms with Crippen LogP contribution >= 0.6 is 31.9 Å². The van der Waals surface area contributed by atoms with Crippen molar-refractivity contribution < 1.29 is 19.4 Å². The third kappa shape index (κ3) is 3.78. The van der Waals surface area contributed by atoms with Crippen molar-refractivity contribution in [2.45, 2.75) is 0 Å². The molecular weight excluding hydrogens is 514 g/mol. The van der Waals surface area contributed by atoms with Crippen LogP contribution in [0.15, 0.2) is 63.5 Å². The molecule has 30 heavy (non-hydrogen) atoms. The van der Waals surface area contributed by atoms with E-state index in [0.717, 1.165) is 0 Å². The minimum atomic E-state index is -0.253. The lowest BCUT2D eigenvalue weighted by Gasteiger charge is -2.07. The first-order valence-electron chi connectivity index (χ1n) is 8.91. The smallest absolute Gasteiger partial charge is 0.256 e. The second kappa shape index (κ2) is 8.08. The fourth-order valence-electron chi connectivity index (χ4n) is 3.24. The van der Waals surface area contributed by atoms with Gasteiger partial charge < -0.3 is 15.2 Å². The van der Waals surface area contributed by atoms with Crippen LogP contribution < -0.4 is 10.1 Å². The first kappa shape index (κ1) is 20.4. The van der Waals surface area contributed by atoms with Gasteiger partial charge in [-0.05, 0) is 86.0 Å². The Morgan fingerprint density at radius 3 is 2.43 bits per heavy atom. The Balaban J connectivity index is 1.75. The maximum atomic E-state index is 13.0. The minimum absolute atomic E-state index is 0.0830. The van der Waals surface area contributed by atoms with Gasteiger partial charge in [0, 0.05) is 28.0 Å². The maximum absolute atomic E-state index is 13.0. The minimum Gasteiger partial charge on any atom is -0.506 e. The second-order valence-electron chi connectivity index (χ2n) is 6.67. The van der Waals surface area contributed by atoms with E-state index in [0.29, 0.717) is 48.2 Å². The van der Waals surface area contributed by atoms with Gasteiger partial charge in [-0.25, -0.2) is 0 Å². The molecule has 0 atom stereocenters. The van der Waals surface area contributed by atoms with Crippen LogP contribution in [0.5, 0.6) is 11.5 Å². The summed E-state index contributed by atoms with van der Waals surface area (Å²) in [5.74, 6) is 0.268. The van der Waals surface area contributed by atoms with Gasteiger partial charge in [0.1, 0.15) is 11.5 Å². The van der Waals surface area contributed by atoms with E-state index in [9.17, 15) is 14.7 Å². The Kier molecular flexibility index (Phi) is 5.49. The molecule has 0 radical (unpaired) electrons. The SMILES string of the molecule is COc1cccc(C(=O)c2ccc3c(c2)/C(=C/c2cc(Br)c(O)c(Br)c2)C(=O)N3)c1. The Labute approximate surface area is 189 Å². The lowest BCUT2D eigenvalue weighted by molar-refractivity contribution is -0.110. The second-order valence-corrected chi connectivity index (χ2v) is 8.38. The summed E-state index contributed by atoms with van der Waals surface area (Å²) in [5, 5.41) is 12.7. The van der Waals surface area contributed by atoms with Gasteiger partial charge in [0.25, 0.3) is 5.91 Å². The zero-order valence-corrected chi connectivity index (χ0v) is 18.9. The fourth-order valence-corrected chi connectivity index (χ4v) is 4.46. The molecule has 0 saturated carbocycles. The number of aromatic hydroxyl groups is 1. The number of rotatable bonds is 4. The zero-order valence-electron chi connectivity index (χ0n) is 15.7. The van der Waals surface area contributed by atoms with E-state index in [1.54, 1.807) is 67.8 Å². The molecule has 4 rings (SSSR count). The molecule has 0 spiro atoms. The average molecular weight is 529 g/mol. The molecule has 1 aliphatic rings. The number of anilines is 1. The number of halogens is 2. The lowest BCUT2D eigenvalue weighted by atomic mass is 9.97. The van der Waals surface area contributed by atoms with Crippen LogP contribution in [0.4, 0.5) is 5.69 Å². The summed E-state index contributed by atoms with van der Waals surface area (Å²) in [5.41, 5.74) is 3.42. The number of carbonyl (C=O) groups excluding carboxylic acids is 2. The van der Waals surface area contributed by atoms with E-state index < -0.39 is 0 Å². The molecule has 150 valence electrons. The summed E-state index contributed by atoms with van der Waals surface area (Å²) in [6, 6.07) is 15.5. The highest BCUT2D eigenvalue weighted by atomic mass is 79.9. The number of ketones is 1. The number of benzene rings is 3. The highest BCUT2D eigenvalue weighted by Crippen LogP contribution is 2.37. The molecule has 0 aliphatic carbocycles. The number of amides is 1. The fraction of sp³-hybridized carbons (Fsp3) is 0.0435. The van der Waals surface area contributed by atoms with Crippen molar-refractivity contribution in [1.82, 2.24) is 0 Å². The lowest BCUT2D eigenvalue weighted by Crippen LogP contribution is -2.03. The number of nitrogens with one attached hydrogen (secondary N) is 1. The number of hydrogen-bond acceptors (Lipinski definition) is 4. The van der Waals surface area contributed by atoms with Gasteiger partial charge in [-0.15, -0.1) is 0 Å². The van der Waals surface area contributed by atoms with Crippen molar-refractivity contribution in [3.63, 3.8) is 0 Å². The van der Waals surface area contributed by atoms with E-state index in [1.807, 2.05) is 0 Å². The standard InChI is InChI=1S/C23H15Br2NO4/c1-30-15-4-2-3-13(10-15)21(27)14-5-6-20-16(11-14)17(23(29)26-20)7-12-8-18(24)22(28)19(25)9-12/h2-11,28H,1H3,(H,26,29)/b17-7-. The number of ether oxygens (including phenoxy) is 1. The molecule has 2 N–H and O–H groups in total. The van der Waals surface area contributed by atoms with E-state index in [2.05, 4.69) is 37.2 Å². The summed E-state index contributed by atoms with van der Waals surface area (Å²) in [7, 11) is 1.55. The van der Waals surface area contributed by atoms with Gasteiger partial charge in [0.2, 0.25) is 0 Å². The van der Waals surface area contributed by atoms with Gasteiger partial charge in [0.05, 0.1) is 16.1 Å². The highest BCUT2D eigenvalue weighted by molar-refractivity contribution is 9.11. The van der Waals surface area contributed by atoms with E-state index in [-0.39, 0.29) is 17.4 Å². The predicted molar refractivity (Wildman–Crippen MR) is 123 cm³/mol. The molecular formula is C23H15Br2NO4. The van der Waals surface area contributed by atoms with Crippen molar-refractivity contribution in [2.75, 3.05) is 12.4 Å². The van der Waals surface area contributed by atoms with Crippen LogP contribution in [-0.2, 0) is 4.79 Å². The van der Waals surface area contributed by atoms with E-state index >= 15 is 0 Å². The summed E-state index contributed by atoms with van der Waals surface area (Å²) in [6.45, 7) is 0. The molecule has 0 aromatic heterocycles. The molecule has 0 unspecified atom stereocenters. The summed E-state index contributed by atoms with van der Waals surface area (Å²) in [4.78, 5) is 25.5. The first-order valence-corrected chi connectivity index (χ1v) is 10.5. The quantitative estimate of drug-likeness (QED) is 0.339. The van der Waals surface area contributed by atoms with Crippen LogP contribution in [0.3, 0.4) is 0 Å². The third-order valence-corrected chi connectivity index (χ3v) is 5.96. The first-order chi connectivity index (χ1) is 14.4. The molecule has 0 bridgehead atoms. The van der Waals surface area contributed by atoms with Crippen LogP contribution in [0.2, 0.25) is 0 Å². The molecule has 0 saturated heterocycles. The zero-order chi connectivity index (χ0) is 21.4. The summed E-state index contributed by atoms with van der Waals surface area (Å²) in [6.07, 6.45) is 1.72. The van der Waals surface area contributed by atoms with Gasteiger partial charge in [0.15, 0.2) is 5.78 Å². The van der Waals surface area contributed by atoms with E-state index in [4.69, 9.17) is 4.74 Å². The summed E-state index contributed by atoms with van der Waals surface area (Å²) >= 11 is 6.59. The summed E-state index contributed by atoms with van der Waals surface area (Å²) < 4.78 is 6.21. The number of carbonyl (C=O) groups is 2. The Hall–Kier alpha value is -2.90. The van der Waals surface area contributed by atoms with Gasteiger partial charge in [-0.2, -0.15) is 0 Å². The number of hydrogen-bond donors (Lipinski definition) is 2. The molecule has 3 aromatic carbocycles. The largest absolute Gasteiger partial charge is 0.506 e. The van der Waals surface area contributed by atoms with Crippen LogP contribution in [0, 0.1) is 0 Å². The molecule has 1 amide bonds. The number of methoxy groups -OCH3 is 1. The van der Waals surface area contributed by atoms with E-state index in [1.165, 1.54) is 0 Å². The van der Waals surface area contributed by atoms with Crippen LogP contribution in [0.1, 0.15) is 27.0 Å². The van der Waals surface area contributed by atoms with Gasteiger partial charge in [-0.1, -0.05) is 12.1 Å². The molecule has 7 heteroatoms. The Morgan fingerprint density at radius 1 is 1.03 bits per heavy atom. The normalized spacial score (nSPS) is 13.8. The van der Waals surface area contributed by atoms with Gasteiger partial charge in [-0.3, -0.25) is 9.59 Å². The van der Waals surface area contributed by atoms with Crippen LogP contribution in [-0.4, -0.2) is 23.9 Å². The molecule has 1 aliphatic heterocycles.